The number of anilines is 2. The van der Waals surface area contributed by atoms with Crippen molar-refractivity contribution in [2.24, 2.45) is 0 Å². The van der Waals surface area contributed by atoms with Crippen molar-refractivity contribution < 1.29 is 9.53 Å². The lowest BCUT2D eigenvalue weighted by Gasteiger charge is -2.08. The van der Waals surface area contributed by atoms with Crippen LogP contribution in [0.5, 0.6) is 5.75 Å². The molecule has 0 unspecified atom stereocenters. The van der Waals surface area contributed by atoms with Crippen LogP contribution in [-0.2, 0) is 0 Å². The molecule has 5 nitrogen and oxygen atoms in total. The number of amides is 1. The Morgan fingerprint density at radius 2 is 1.95 bits per heavy atom. The van der Waals surface area contributed by atoms with Crippen molar-refractivity contribution >= 4 is 17.4 Å². The molecule has 0 fully saturated rings. The molecule has 0 aliphatic carbocycles. The lowest BCUT2D eigenvalue weighted by Crippen LogP contribution is -2.14. The van der Waals surface area contributed by atoms with E-state index in [1.807, 2.05) is 26.0 Å². The quantitative estimate of drug-likeness (QED) is 0.841. The molecular weight excluding hydrogens is 254 g/mol. The monoisotopic (exact) mass is 271 g/mol. The minimum absolute atomic E-state index is 0.270. The van der Waals surface area contributed by atoms with Crippen LogP contribution >= 0.6 is 0 Å². The number of aromatic nitrogens is 1. The Balaban J connectivity index is 2.25. The van der Waals surface area contributed by atoms with Gasteiger partial charge in [-0.15, -0.1) is 0 Å². The minimum atomic E-state index is -0.270. The molecule has 0 spiro atoms. The summed E-state index contributed by atoms with van der Waals surface area (Å²) in [4.78, 5) is 16.5. The first kappa shape index (κ1) is 13.9. The molecule has 1 aromatic heterocycles. The molecule has 3 N–H and O–H groups in total. The zero-order chi connectivity index (χ0) is 14.7. The highest BCUT2D eigenvalue weighted by Gasteiger charge is 2.10. The van der Waals surface area contributed by atoms with Gasteiger partial charge in [-0.1, -0.05) is 0 Å². The first-order valence-corrected chi connectivity index (χ1v) is 6.19. The molecule has 1 aromatic carbocycles. The zero-order valence-electron chi connectivity index (χ0n) is 11.7. The molecule has 0 radical (unpaired) electrons. The van der Waals surface area contributed by atoms with E-state index in [1.165, 1.54) is 7.11 Å². The summed E-state index contributed by atoms with van der Waals surface area (Å²) in [6.07, 6.45) is 0. The molecule has 0 bridgehead atoms. The second-order valence-electron chi connectivity index (χ2n) is 4.62. The maximum absolute atomic E-state index is 12.2. The van der Waals surface area contributed by atoms with Crippen LogP contribution in [0.1, 0.15) is 21.6 Å². The zero-order valence-corrected chi connectivity index (χ0v) is 11.7. The summed E-state index contributed by atoms with van der Waals surface area (Å²) >= 11 is 0. The van der Waals surface area contributed by atoms with Crippen molar-refractivity contribution in [3.8, 4) is 5.75 Å². The molecule has 0 saturated heterocycles. The van der Waals surface area contributed by atoms with Crippen LogP contribution in [0.25, 0.3) is 0 Å². The van der Waals surface area contributed by atoms with E-state index in [2.05, 4.69) is 10.3 Å². The molecule has 104 valence electrons. The van der Waals surface area contributed by atoms with Gasteiger partial charge in [-0.3, -0.25) is 4.79 Å². The number of carbonyl (C=O) groups excluding carboxylic acids is 1. The van der Waals surface area contributed by atoms with Gasteiger partial charge < -0.3 is 15.8 Å². The predicted octanol–water partition coefficient (Wildman–Crippen LogP) is 2.54. The van der Waals surface area contributed by atoms with Crippen molar-refractivity contribution in [1.82, 2.24) is 4.98 Å². The number of hydrogen-bond acceptors (Lipinski definition) is 4. The lowest BCUT2D eigenvalue weighted by molar-refractivity contribution is 0.102. The van der Waals surface area contributed by atoms with Gasteiger partial charge in [0.1, 0.15) is 11.6 Å². The van der Waals surface area contributed by atoms with Crippen molar-refractivity contribution in [2.75, 3.05) is 18.2 Å². The van der Waals surface area contributed by atoms with Gasteiger partial charge in [0.25, 0.3) is 5.91 Å². The number of rotatable bonds is 3. The van der Waals surface area contributed by atoms with Gasteiger partial charge in [-0.05, 0) is 43.7 Å². The summed E-state index contributed by atoms with van der Waals surface area (Å²) in [7, 11) is 1.53. The number of benzene rings is 1. The number of nitrogens with zero attached hydrogens (tertiary/aromatic N) is 1. The lowest BCUT2D eigenvalue weighted by atomic mass is 10.1. The second-order valence-corrected chi connectivity index (χ2v) is 4.62. The minimum Gasteiger partial charge on any atom is -0.497 e. The van der Waals surface area contributed by atoms with E-state index in [9.17, 15) is 4.79 Å². The number of carbonyl (C=O) groups is 1. The largest absolute Gasteiger partial charge is 0.497 e. The number of methoxy groups -OCH3 is 1. The first-order valence-electron chi connectivity index (χ1n) is 6.19. The number of ether oxygens (including phenoxy) is 1. The SMILES string of the molecule is COc1cc(N)cc(C(=O)Nc2cc(C)cc(C)n2)c1. The summed E-state index contributed by atoms with van der Waals surface area (Å²) < 4.78 is 5.10. The van der Waals surface area contributed by atoms with Gasteiger partial charge in [-0.25, -0.2) is 4.98 Å². The van der Waals surface area contributed by atoms with Gasteiger partial charge in [0.05, 0.1) is 7.11 Å². The van der Waals surface area contributed by atoms with Crippen molar-refractivity contribution in [3.05, 3.63) is 47.2 Å². The number of hydrogen-bond donors (Lipinski definition) is 2. The van der Waals surface area contributed by atoms with Crippen LogP contribution in [0.15, 0.2) is 30.3 Å². The van der Waals surface area contributed by atoms with E-state index >= 15 is 0 Å². The molecule has 0 saturated carbocycles. The maximum atomic E-state index is 12.2. The Kier molecular flexibility index (Phi) is 3.89. The van der Waals surface area contributed by atoms with Gasteiger partial charge in [0.15, 0.2) is 0 Å². The molecule has 0 atom stereocenters. The van der Waals surface area contributed by atoms with E-state index in [1.54, 1.807) is 18.2 Å². The highest BCUT2D eigenvalue weighted by atomic mass is 16.5. The molecule has 1 heterocycles. The van der Waals surface area contributed by atoms with Crippen molar-refractivity contribution in [3.63, 3.8) is 0 Å². The number of nitrogen functional groups attached to an aromatic ring is 1. The fourth-order valence-corrected chi connectivity index (χ4v) is 1.96. The number of pyridine rings is 1. The van der Waals surface area contributed by atoms with Gasteiger partial charge in [-0.2, -0.15) is 0 Å². The summed E-state index contributed by atoms with van der Waals surface area (Å²) in [5.74, 6) is 0.797. The molecule has 20 heavy (non-hydrogen) atoms. The van der Waals surface area contributed by atoms with Crippen LogP contribution in [0.2, 0.25) is 0 Å². The highest BCUT2D eigenvalue weighted by Crippen LogP contribution is 2.19. The van der Waals surface area contributed by atoms with Crippen LogP contribution in [0, 0.1) is 13.8 Å². The first-order chi connectivity index (χ1) is 9.47. The fraction of sp³-hybridized carbons (Fsp3) is 0.200. The Morgan fingerprint density at radius 3 is 2.60 bits per heavy atom. The summed E-state index contributed by atoms with van der Waals surface area (Å²) in [6.45, 7) is 3.83. The van der Waals surface area contributed by atoms with Crippen LogP contribution in [0.4, 0.5) is 11.5 Å². The summed E-state index contributed by atoms with van der Waals surface area (Å²) in [5, 5.41) is 2.76. The summed E-state index contributed by atoms with van der Waals surface area (Å²) in [5.41, 5.74) is 8.54. The Morgan fingerprint density at radius 1 is 1.20 bits per heavy atom. The third-order valence-corrected chi connectivity index (χ3v) is 2.77. The second kappa shape index (κ2) is 5.61. The third kappa shape index (κ3) is 3.26. The topological polar surface area (TPSA) is 77.2 Å². The van der Waals surface area contributed by atoms with Crippen LogP contribution < -0.4 is 15.8 Å². The molecule has 0 aliphatic heterocycles. The van der Waals surface area contributed by atoms with E-state index < -0.39 is 0 Å². The smallest absolute Gasteiger partial charge is 0.257 e. The van der Waals surface area contributed by atoms with Crippen molar-refractivity contribution in [1.29, 1.82) is 0 Å². The van der Waals surface area contributed by atoms with E-state index in [0.717, 1.165) is 11.3 Å². The number of nitrogens with two attached hydrogens (primary N) is 1. The van der Waals surface area contributed by atoms with E-state index in [4.69, 9.17) is 10.5 Å². The van der Waals surface area contributed by atoms with E-state index in [-0.39, 0.29) is 5.91 Å². The van der Waals surface area contributed by atoms with Crippen LogP contribution in [0.3, 0.4) is 0 Å². The Hall–Kier alpha value is -2.56. The molecule has 1 amide bonds. The normalized spacial score (nSPS) is 10.2. The molecule has 2 aromatic rings. The maximum Gasteiger partial charge on any atom is 0.257 e. The molecular formula is C15H17N3O2. The molecule has 0 aliphatic rings. The predicted molar refractivity (Wildman–Crippen MR) is 79.1 cm³/mol. The standard InChI is InChI=1S/C15H17N3O2/c1-9-4-10(2)17-14(5-9)18-15(19)11-6-12(16)8-13(7-11)20-3/h4-8H,16H2,1-3H3,(H,17,18,19). The van der Waals surface area contributed by atoms with Gasteiger partial charge >= 0.3 is 0 Å². The van der Waals surface area contributed by atoms with Gasteiger partial charge in [0.2, 0.25) is 0 Å². The highest BCUT2D eigenvalue weighted by molar-refractivity contribution is 6.04. The molecule has 5 heteroatoms. The Bertz CT molecular complexity index is 633. The van der Waals surface area contributed by atoms with Crippen molar-refractivity contribution in [2.45, 2.75) is 13.8 Å². The average Bonchev–Trinajstić information content (AvgIpc) is 2.36. The summed E-state index contributed by atoms with van der Waals surface area (Å²) in [6, 6.07) is 8.65. The Labute approximate surface area is 117 Å². The third-order valence-electron chi connectivity index (χ3n) is 2.77. The number of nitrogens with one attached hydrogen (secondary N) is 1. The fourth-order valence-electron chi connectivity index (χ4n) is 1.96. The average molecular weight is 271 g/mol. The van der Waals surface area contributed by atoms with Crippen LogP contribution in [-0.4, -0.2) is 18.0 Å². The number of aryl methyl sites for hydroxylation is 2. The van der Waals surface area contributed by atoms with E-state index in [0.29, 0.717) is 22.8 Å². The molecule has 2 rings (SSSR count). The van der Waals surface area contributed by atoms with Gasteiger partial charge in [0, 0.05) is 23.0 Å².